The highest BCUT2D eigenvalue weighted by atomic mass is 16.5. The van der Waals surface area contributed by atoms with Gasteiger partial charge in [0.05, 0.1) is 0 Å². The number of carbonyl (C=O) groups is 2. The molecule has 0 bridgehead atoms. The Morgan fingerprint density at radius 2 is 2.29 bits per heavy atom. The number of carboxylic acids is 1. The van der Waals surface area contributed by atoms with E-state index in [9.17, 15) is 9.59 Å². The third kappa shape index (κ3) is 4.56. The highest BCUT2D eigenvalue weighted by Crippen LogP contribution is 2.13. The van der Waals surface area contributed by atoms with Gasteiger partial charge in [0.2, 0.25) is 5.91 Å². The normalized spacial score (nSPS) is 22.3. The van der Waals surface area contributed by atoms with Gasteiger partial charge < -0.3 is 15.2 Å². The van der Waals surface area contributed by atoms with Crippen molar-refractivity contribution in [1.82, 2.24) is 5.32 Å². The van der Waals surface area contributed by atoms with E-state index in [1.54, 1.807) is 12.2 Å². The van der Waals surface area contributed by atoms with Crippen molar-refractivity contribution < 1.29 is 19.4 Å². The molecule has 1 saturated heterocycles. The lowest BCUT2D eigenvalue weighted by Crippen LogP contribution is -2.46. The number of allylic oxidation sites excluding steroid dienone is 1. The van der Waals surface area contributed by atoms with Crippen molar-refractivity contribution in [2.45, 2.75) is 44.8 Å². The monoisotopic (exact) mass is 241 g/mol. The molecule has 0 radical (unpaired) electrons. The van der Waals surface area contributed by atoms with Crippen LogP contribution in [0.25, 0.3) is 0 Å². The molecule has 1 rings (SSSR count). The zero-order valence-electron chi connectivity index (χ0n) is 10.0. The SMILES string of the molecule is C/C=C/CC(NC(=O)C1CCCCO1)C(=O)O. The maximum atomic E-state index is 11.8. The highest BCUT2D eigenvalue weighted by Gasteiger charge is 2.26. The number of amides is 1. The summed E-state index contributed by atoms with van der Waals surface area (Å²) >= 11 is 0. The fourth-order valence-corrected chi connectivity index (χ4v) is 1.71. The topological polar surface area (TPSA) is 75.6 Å². The molecule has 5 nitrogen and oxygen atoms in total. The summed E-state index contributed by atoms with van der Waals surface area (Å²) < 4.78 is 5.30. The molecule has 1 fully saturated rings. The minimum absolute atomic E-state index is 0.296. The molecule has 1 aliphatic heterocycles. The molecular formula is C12H19NO4. The summed E-state index contributed by atoms with van der Waals surface area (Å²) in [6.45, 7) is 2.38. The van der Waals surface area contributed by atoms with E-state index >= 15 is 0 Å². The summed E-state index contributed by atoms with van der Waals surface area (Å²) in [5.41, 5.74) is 0. The molecule has 0 aromatic rings. The summed E-state index contributed by atoms with van der Waals surface area (Å²) in [5, 5.41) is 11.5. The van der Waals surface area contributed by atoms with Gasteiger partial charge in [-0.25, -0.2) is 4.79 Å². The molecule has 0 spiro atoms. The Morgan fingerprint density at radius 3 is 2.82 bits per heavy atom. The van der Waals surface area contributed by atoms with Crippen LogP contribution in [0.3, 0.4) is 0 Å². The predicted octanol–water partition coefficient (Wildman–Crippen LogP) is 1.09. The van der Waals surface area contributed by atoms with Gasteiger partial charge >= 0.3 is 5.97 Å². The van der Waals surface area contributed by atoms with Gasteiger partial charge in [-0.1, -0.05) is 12.2 Å². The Morgan fingerprint density at radius 1 is 1.53 bits per heavy atom. The van der Waals surface area contributed by atoms with Crippen molar-refractivity contribution in [2.24, 2.45) is 0 Å². The third-order valence-electron chi connectivity index (χ3n) is 2.69. The lowest BCUT2D eigenvalue weighted by Gasteiger charge is -2.23. The van der Waals surface area contributed by atoms with Gasteiger partial charge in [0.15, 0.2) is 0 Å². The molecule has 2 N–H and O–H groups in total. The summed E-state index contributed by atoms with van der Waals surface area (Å²) in [6, 6.07) is -0.871. The van der Waals surface area contributed by atoms with Crippen LogP contribution in [0, 0.1) is 0 Å². The van der Waals surface area contributed by atoms with Crippen LogP contribution in [0.2, 0.25) is 0 Å². The number of carboxylic acid groups (broad SMARTS) is 1. The van der Waals surface area contributed by atoms with Crippen LogP contribution in [-0.4, -0.2) is 35.7 Å². The van der Waals surface area contributed by atoms with E-state index < -0.39 is 18.1 Å². The molecule has 1 aliphatic rings. The van der Waals surface area contributed by atoms with Crippen molar-refractivity contribution in [2.75, 3.05) is 6.61 Å². The van der Waals surface area contributed by atoms with Crippen molar-refractivity contribution >= 4 is 11.9 Å². The van der Waals surface area contributed by atoms with Crippen LogP contribution in [0.15, 0.2) is 12.2 Å². The zero-order valence-corrected chi connectivity index (χ0v) is 10.0. The first kappa shape index (κ1) is 13.7. The van der Waals surface area contributed by atoms with Gasteiger partial charge in [-0.05, 0) is 32.6 Å². The van der Waals surface area contributed by atoms with Crippen LogP contribution in [-0.2, 0) is 14.3 Å². The van der Waals surface area contributed by atoms with Crippen molar-refractivity contribution in [3.8, 4) is 0 Å². The molecule has 17 heavy (non-hydrogen) atoms. The fourth-order valence-electron chi connectivity index (χ4n) is 1.71. The standard InChI is InChI=1S/C12H19NO4/c1-2-3-6-9(12(15)16)13-11(14)10-7-4-5-8-17-10/h2-3,9-10H,4-8H2,1H3,(H,13,14)(H,15,16)/b3-2+. The molecule has 96 valence electrons. The van der Waals surface area contributed by atoms with E-state index in [1.165, 1.54) is 0 Å². The average Bonchev–Trinajstić information content (AvgIpc) is 2.35. The number of rotatable bonds is 5. The summed E-state index contributed by atoms with van der Waals surface area (Å²) in [7, 11) is 0. The van der Waals surface area contributed by atoms with Gasteiger partial charge in [0, 0.05) is 6.61 Å². The molecule has 2 unspecified atom stereocenters. The van der Waals surface area contributed by atoms with Gasteiger partial charge in [-0.2, -0.15) is 0 Å². The third-order valence-corrected chi connectivity index (χ3v) is 2.69. The smallest absolute Gasteiger partial charge is 0.326 e. The average molecular weight is 241 g/mol. The quantitative estimate of drug-likeness (QED) is 0.706. The van der Waals surface area contributed by atoms with Crippen LogP contribution in [0.5, 0.6) is 0 Å². The van der Waals surface area contributed by atoms with Crippen LogP contribution < -0.4 is 5.32 Å². The van der Waals surface area contributed by atoms with E-state index in [0.717, 1.165) is 12.8 Å². The second-order valence-electron chi connectivity index (χ2n) is 4.06. The molecule has 1 heterocycles. The van der Waals surface area contributed by atoms with Gasteiger partial charge in [-0.15, -0.1) is 0 Å². The molecule has 0 aromatic heterocycles. The van der Waals surface area contributed by atoms with Gasteiger partial charge in [0.1, 0.15) is 12.1 Å². The highest BCUT2D eigenvalue weighted by molar-refractivity contribution is 5.86. The second kappa shape index (κ2) is 7.06. The summed E-state index contributed by atoms with van der Waals surface area (Å²) in [5.74, 6) is -1.34. The number of carbonyl (C=O) groups excluding carboxylic acids is 1. The Labute approximate surface area is 101 Å². The first-order valence-corrected chi connectivity index (χ1v) is 5.91. The number of hydrogen-bond donors (Lipinski definition) is 2. The molecule has 2 atom stereocenters. The molecule has 1 amide bonds. The number of aliphatic carboxylic acids is 1. The second-order valence-corrected chi connectivity index (χ2v) is 4.06. The first-order chi connectivity index (χ1) is 8.15. The molecule has 5 heteroatoms. The van der Waals surface area contributed by atoms with Gasteiger partial charge in [0.25, 0.3) is 0 Å². The Kier molecular flexibility index (Phi) is 5.69. The molecular weight excluding hydrogens is 222 g/mol. The Balaban J connectivity index is 2.47. The molecule has 0 saturated carbocycles. The number of nitrogens with one attached hydrogen (secondary N) is 1. The maximum Gasteiger partial charge on any atom is 0.326 e. The Bertz CT molecular complexity index is 295. The van der Waals surface area contributed by atoms with Crippen LogP contribution in [0.4, 0.5) is 0 Å². The fraction of sp³-hybridized carbons (Fsp3) is 0.667. The Hall–Kier alpha value is -1.36. The lowest BCUT2D eigenvalue weighted by atomic mass is 10.1. The lowest BCUT2D eigenvalue weighted by molar-refractivity contribution is -0.145. The summed E-state index contributed by atoms with van der Waals surface area (Å²) in [4.78, 5) is 22.7. The van der Waals surface area contributed by atoms with E-state index in [2.05, 4.69) is 5.32 Å². The summed E-state index contributed by atoms with van der Waals surface area (Å²) in [6.07, 6.45) is 5.87. The van der Waals surface area contributed by atoms with Crippen molar-refractivity contribution in [3.05, 3.63) is 12.2 Å². The zero-order chi connectivity index (χ0) is 12.7. The van der Waals surface area contributed by atoms with Crippen molar-refractivity contribution in [1.29, 1.82) is 0 Å². The van der Waals surface area contributed by atoms with E-state index in [-0.39, 0.29) is 5.91 Å². The van der Waals surface area contributed by atoms with Gasteiger partial charge in [-0.3, -0.25) is 4.79 Å². The molecule has 0 aromatic carbocycles. The largest absolute Gasteiger partial charge is 0.480 e. The van der Waals surface area contributed by atoms with E-state index in [1.807, 2.05) is 6.92 Å². The first-order valence-electron chi connectivity index (χ1n) is 5.91. The number of hydrogen-bond acceptors (Lipinski definition) is 3. The van der Waals surface area contributed by atoms with E-state index in [4.69, 9.17) is 9.84 Å². The minimum Gasteiger partial charge on any atom is -0.480 e. The maximum absolute atomic E-state index is 11.8. The minimum atomic E-state index is -1.02. The predicted molar refractivity (Wildman–Crippen MR) is 62.6 cm³/mol. The van der Waals surface area contributed by atoms with Crippen molar-refractivity contribution in [3.63, 3.8) is 0 Å². The molecule has 0 aliphatic carbocycles. The number of ether oxygens (including phenoxy) is 1. The van der Waals surface area contributed by atoms with Crippen LogP contribution in [0.1, 0.15) is 32.6 Å². The van der Waals surface area contributed by atoms with Crippen LogP contribution >= 0.6 is 0 Å². The van der Waals surface area contributed by atoms with E-state index in [0.29, 0.717) is 19.4 Å².